The second kappa shape index (κ2) is 3.46. The van der Waals surface area contributed by atoms with E-state index in [0.717, 1.165) is 5.56 Å². The Hall–Kier alpha value is -0.895. The van der Waals surface area contributed by atoms with Crippen LogP contribution in [0.3, 0.4) is 0 Å². The Bertz CT molecular complexity index is 373. The van der Waals surface area contributed by atoms with Crippen LogP contribution in [0.1, 0.15) is 5.56 Å². The fraction of sp³-hybridized carbons (Fsp3) is 0. The highest BCUT2D eigenvalue weighted by atomic mass is 14.0. The molecule has 1 aromatic rings. The van der Waals surface area contributed by atoms with E-state index in [9.17, 15) is 0 Å². The Morgan fingerprint density at radius 3 is 1.31 bits per heavy atom. The van der Waals surface area contributed by atoms with E-state index in [1.165, 1.54) is 27.3 Å². The van der Waals surface area contributed by atoms with E-state index in [2.05, 4.69) is 45.2 Å². The van der Waals surface area contributed by atoms with Crippen LogP contribution in [0.4, 0.5) is 0 Å². The summed E-state index contributed by atoms with van der Waals surface area (Å²) in [6.07, 6.45) is 5.49. The lowest BCUT2D eigenvalue weighted by Gasteiger charge is -2.16. The summed E-state index contributed by atoms with van der Waals surface area (Å²) in [7, 11) is 10.6. The summed E-state index contributed by atoms with van der Waals surface area (Å²) in [5.41, 5.74) is 7.60. The van der Waals surface area contributed by atoms with Crippen molar-refractivity contribution < 1.29 is 0 Å². The number of terminal acetylenes is 1. The van der Waals surface area contributed by atoms with E-state index >= 15 is 0 Å². The SMILES string of the molecule is Bc1c(B)c(B)c(C#C)c(B)c1B. The van der Waals surface area contributed by atoms with Crippen LogP contribution in [0.15, 0.2) is 0 Å². The second-order valence-corrected chi connectivity index (χ2v) is 3.64. The van der Waals surface area contributed by atoms with Crippen molar-refractivity contribution in [3.8, 4) is 12.3 Å². The van der Waals surface area contributed by atoms with Crippen molar-refractivity contribution in [3.63, 3.8) is 0 Å². The summed E-state index contributed by atoms with van der Waals surface area (Å²) < 4.78 is 0. The lowest BCUT2D eigenvalue weighted by molar-refractivity contribution is 1.92. The van der Waals surface area contributed by atoms with E-state index in [-0.39, 0.29) is 0 Å². The van der Waals surface area contributed by atoms with Gasteiger partial charge in [-0.2, -0.15) is 0 Å². The Labute approximate surface area is 84.9 Å². The molecule has 58 valence electrons. The van der Waals surface area contributed by atoms with E-state index in [0.29, 0.717) is 0 Å². The Morgan fingerprint density at radius 1 is 0.692 bits per heavy atom. The van der Waals surface area contributed by atoms with Crippen LogP contribution in [-0.4, -0.2) is 39.2 Å². The maximum Gasteiger partial charge on any atom is 0.140 e. The molecule has 0 aliphatic heterocycles. The molecular weight excluding hydrogens is 150 g/mol. The van der Waals surface area contributed by atoms with Crippen LogP contribution in [0.2, 0.25) is 0 Å². The summed E-state index contributed by atoms with van der Waals surface area (Å²) in [5.74, 6) is 2.77. The molecule has 1 rings (SSSR count). The van der Waals surface area contributed by atoms with Gasteiger partial charge in [0.25, 0.3) is 0 Å². The molecule has 0 heterocycles. The average Bonchev–Trinajstić information content (AvgIpc) is 2.13. The van der Waals surface area contributed by atoms with Crippen molar-refractivity contribution in [2.75, 3.05) is 0 Å². The third-order valence-electron chi connectivity index (χ3n) is 3.14. The lowest BCUT2D eigenvalue weighted by atomic mass is 9.60. The van der Waals surface area contributed by atoms with Crippen molar-refractivity contribution in [1.82, 2.24) is 0 Å². The summed E-state index contributed by atoms with van der Waals surface area (Å²) in [4.78, 5) is 0. The van der Waals surface area contributed by atoms with Gasteiger partial charge < -0.3 is 0 Å². The quantitative estimate of drug-likeness (QED) is 0.262. The minimum Gasteiger partial charge on any atom is -0.115 e. The summed E-state index contributed by atoms with van der Waals surface area (Å²) in [5, 5.41) is 0. The van der Waals surface area contributed by atoms with Crippen molar-refractivity contribution in [1.29, 1.82) is 0 Å². The smallest absolute Gasteiger partial charge is 0.115 e. The highest BCUT2D eigenvalue weighted by Gasteiger charge is 2.08. The van der Waals surface area contributed by atoms with Crippen LogP contribution in [0.5, 0.6) is 0 Å². The molecule has 0 saturated heterocycles. The van der Waals surface area contributed by atoms with E-state index in [4.69, 9.17) is 6.42 Å². The van der Waals surface area contributed by atoms with Gasteiger partial charge in [0.05, 0.1) is 0 Å². The van der Waals surface area contributed by atoms with Crippen LogP contribution >= 0.6 is 0 Å². The first-order chi connectivity index (χ1) is 6.00. The van der Waals surface area contributed by atoms with E-state index in [1.54, 1.807) is 0 Å². The summed E-state index contributed by atoms with van der Waals surface area (Å²) in [6.45, 7) is 0. The van der Waals surface area contributed by atoms with Gasteiger partial charge in [0.1, 0.15) is 39.2 Å². The molecule has 0 radical (unpaired) electrons. The molecule has 13 heavy (non-hydrogen) atoms. The number of benzene rings is 1. The first kappa shape index (κ1) is 10.2. The van der Waals surface area contributed by atoms with Crippen molar-refractivity contribution in [3.05, 3.63) is 5.56 Å². The first-order valence-corrected chi connectivity index (χ1v) is 4.54. The average molecular weight is 161 g/mol. The van der Waals surface area contributed by atoms with Crippen LogP contribution in [0, 0.1) is 12.3 Å². The second-order valence-electron chi connectivity index (χ2n) is 3.64. The molecule has 0 aliphatic carbocycles. The molecule has 0 N–H and O–H groups in total. The largest absolute Gasteiger partial charge is 0.140 e. The molecule has 5 heteroatoms. The Morgan fingerprint density at radius 2 is 1.00 bits per heavy atom. The molecule has 0 nitrogen and oxygen atoms in total. The molecular formula is C8H11B5. The molecule has 1 aromatic carbocycles. The zero-order valence-electron chi connectivity index (χ0n) is 9.08. The van der Waals surface area contributed by atoms with Crippen molar-refractivity contribution in [2.45, 2.75) is 0 Å². The predicted molar refractivity (Wildman–Crippen MR) is 75.3 cm³/mol. The minimum atomic E-state index is 1.07. The maximum atomic E-state index is 5.49. The Kier molecular flexibility index (Phi) is 2.71. The van der Waals surface area contributed by atoms with E-state index in [1.807, 2.05) is 0 Å². The fourth-order valence-electron chi connectivity index (χ4n) is 1.72. The zero-order chi connectivity index (χ0) is 10.2. The van der Waals surface area contributed by atoms with Gasteiger partial charge in [-0.3, -0.25) is 0 Å². The zero-order valence-corrected chi connectivity index (χ0v) is 9.08. The summed E-state index contributed by atoms with van der Waals surface area (Å²) >= 11 is 0. The van der Waals surface area contributed by atoms with Gasteiger partial charge >= 0.3 is 0 Å². The maximum absolute atomic E-state index is 5.49. The van der Waals surface area contributed by atoms with E-state index < -0.39 is 0 Å². The molecule has 0 saturated carbocycles. The normalized spacial score (nSPS) is 9.46. The number of hydrogen-bond donors (Lipinski definition) is 0. The van der Waals surface area contributed by atoms with Crippen molar-refractivity contribution in [2.24, 2.45) is 0 Å². The highest BCUT2D eigenvalue weighted by molar-refractivity contribution is 6.67. The van der Waals surface area contributed by atoms with Gasteiger partial charge in [-0.15, -0.1) is 22.8 Å². The first-order valence-electron chi connectivity index (χ1n) is 4.54. The van der Waals surface area contributed by atoms with Crippen LogP contribution in [-0.2, 0) is 0 Å². The number of hydrogen-bond acceptors (Lipinski definition) is 0. The van der Waals surface area contributed by atoms with Gasteiger partial charge in [-0.1, -0.05) is 16.8 Å². The lowest BCUT2D eigenvalue weighted by Crippen LogP contribution is -2.55. The highest BCUT2D eigenvalue weighted by Crippen LogP contribution is 1.80. The standard InChI is InChI=1S/C8H11B5/c1-2-3-4(9)6(11)8(13)7(12)5(3)10/h1H,9-13H2. The molecule has 0 bridgehead atoms. The van der Waals surface area contributed by atoms with Gasteiger partial charge in [-0.05, 0) is 0 Å². The molecule has 0 amide bonds. The Balaban J connectivity index is 3.69. The molecule has 0 unspecified atom stereocenters. The van der Waals surface area contributed by atoms with Gasteiger partial charge in [-0.25, -0.2) is 0 Å². The summed E-state index contributed by atoms with van der Waals surface area (Å²) in [6, 6.07) is 0. The predicted octanol–water partition coefficient (Wildman–Crippen LogP) is -7.04. The molecule has 0 aliphatic rings. The van der Waals surface area contributed by atoms with Gasteiger partial charge in [0, 0.05) is 5.56 Å². The van der Waals surface area contributed by atoms with Crippen LogP contribution < -0.4 is 27.3 Å². The topological polar surface area (TPSA) is 0 Å². The van der Waals surface area contributed by atoms with Gasteiger partial charge in [0.2, 0.25) is 0 Å². The van der Waals surface area contributed by atoms with Gasteiger partial charge in [0.15, 0.2) is 0 Å². The number of rotatable bonds is 0. The van der Waals surface area contributed by atoms with Crippen molar-refractivity contribution >= 4 is 66.5 Å². The minimum absolute atomic E-state index is 1.07. The molecule has 0 aromatic heterocycles. The van der Waals surface area contributed by atoms with Crippen LogP contribution in [0.25, 0.3) is 0 Å². The fourth-order valence-corrected chi connectivity index (χ4v) is 1.72. The molecule has 0 atom stereocenters. The molecule has 0 fully saturated rings. The third-order valence-corrected chi connectivity index (χ3v) is 3.14. The molecule has 0 spiro atoms. The monoisotopic (exact) mass is 162 g/mol. The third kappa shape index (κ3) is 1.46.